The molecule has 4 rings (SSSR count). The van der Waals surface area contributed by atoms with Gasteiger partial charge in [-0.25, -0.2) is 0 Å². The van der Waals surface area contributed by atoms with E-state index in [1.54, 1.807) is 0 Å². The number of rotatable bonds is 2. The summed E-state index contributed by atoms with van der Waals surface area (Å²) in [6.07, 6.45) is 2.70. The maximum absolute atomic E-state index is 2.80. The van der Waals surface area contributed by atoms with Crippen molar-refractivity contribution in [2.24, 2.45) is 0 Å². The fourth-order valence-corrected chi connectivity index (χ4v) is 4.55. The van der Waals surface area contributed by atoms with Crippen LogP contribution in [0.2, 0.25) is 0 Å². The zero-order valence-electron chi connectivity index (χ0n) is 10.2. The Kier molecular flexibility index (Phi) is 1.96. The lowest BCUT2D eigenvalue weighted by molar-refractivity contribution is -0.101. The minimum Gasteiger partial charge on any atom is -0.257 e. The molecule has 0 aromatic heterocycles. The molecular formula is C12H22N4. The lowest BCUT2D eigenvalue weighted by atomic mass is 10.1. The average Bonchev–Trinajstić information content (AvgIpc) is 2.90. The van der Waals surface area contributed by atoms with E-state index in [0.717, 1.165) is 6.04 Å². The summed E-state index contributed by atoms with van der Waals surface area (Å²) in [7, 11) is 0. The van der Waals surface area contributed by atoms with E-state index >= 15 is 0 Å². The lowest BCUT2D eigenvalue weighted by Gasteiger charge is -2.40. The summed E-state index contributed by atoms with van der Waals surface area (Å²) in [6.45, 7) is 11.3. The van der Waals surface area contributed by atoms with E-state index in [0.29, 0.717) is 0 Å². The van der Waals surface area contributed by atoms with Crippen LogP contribution < -0.4 is 0 Å². The van der Waals surface area contributed by atoms with Crippen LogP contribution in [0.5, 0.6) is 0 Å². The summed E-state index contributed by atoms with van der Waals surface area (Å²) < 4.78 is 0. The predicted molar refractivity (Wildman–Crippen MR) is 62.9 cm³/mol. The second-order valence-electron chi connectivity index (χ2n) is 5.66. The molecule has 0 saturated carbocycles. The van der Waals surface area contributed by atoms with Gasteiger partial charge < -0.3 is 0 Å². The summed E-state index contributed by atoms with van der Waals surface area (Å²) in [5.74, 6) is 0.250. The Morgan fingerprint density at radius 2 is 1.56 bits per heavy atom. The molecule has 90 valence electrons. The van der Waals surface area contributed by atoms with Gasteiger partial charge in [0.25, 0.3) is 0 Å². The van der Waals surface area contributed by atoms with Crippen LogP contribution >= 0.6 is 0 Å². The van der Waals surface area contributed by atoms with E-state index in [1.807, 2.05) is 0 Å². The van der Waals surface area contributed by atoms with Crippen LogP contribution in [0, 0.1) is 0 Å². The molecule has 4 saturated heterocycles. The highest BCUT2D eigenvalue weighted by molar-refractivity contribution is 5.11. The molecule has 0 bridgehead atoms. The fraction of sp³-hybridized carbons (Fsp3) is 1.00. The highest BCUT2D eigenvalue weighted by Crippen LogP contribution is 2.47. The van der Waals surface area contributed by atoms with Crippen LogP contribution in [0.1, 0.15) is 19.8 Å². The highest BCUT2D eigenvalue weighted by atomic mass is 15.8. The first-order chi connectivity index (χ1) is 7.87. The van der Waals surface area contributed by atoms with Gasteiger partial charge >= 0.3 is 0 Å². The van der Waals surface area contributed by atoms with E-state index in [1.165, 1.54) is 58.7 Å². The molecule has 4 heterocycles. The van der Waals surface area contributed by atoms with Crippen molar-refractivity contribution in [3.63, 3.8) is 0 Å². The molecule has 0 N–H and O–H groups in total. The minimum absolute atomic E-state index is 0.250. The second-order valence-corrected chi connectivity index (χ2v) is 5.66. The molecule has 4 fully saturated rings. The van der Waals surface area contributed by atoms with Gasteiger partial charge in [0.1, 0.15) is 0 Å². The minimum atomic E-state index is 0.250. The third kappa shape index (κ3) is 0.919. The monoisotopic (exact) mass is 222 g/mol. The maximum Gasteiger partial charge on any atom is 0.192 e. The molecule has 0 aromatic rings. The molecule has 4 nitrogen and oxygen atoms in total. The van der Waals surface area contributed by atoms with Crippen molar-refractivity contribution in [1.29, 1.82) is 0 Å². The van der Waals surface area contributed by atoms with Gasteiger partial charge in [0.15, 0.2) is 5.91 Å². The summed E-state index contributed by atoms with van der Waals surface area (Å²) in [6, 6.07) is 0.816. The second kappa shape index (κ2) is 3.19. The van der Waals surface area contributed by atoms with Gasteiger partial charge in [-0.15, -0.1) is 0 Å². The Hall–Kier alpha value is -0.160. The molecule has 0 aromatic carbocycles. The summed E-state index contributed by atoms with van der Waals surface area (Å²) in [4.78, 5) is 11.0. The Balaban J connectivity index is 1.72. The largest absolute Gasteiger partial charge is 0.257 e. The molecule has 2 atom stereocenters. The smallest absolute Gasteiger partial charge is 0.192 e. The normalized spacial score (nSPS) is 44.4. The van der Waals surface area contributed by atoms with Crippen molar-refractivity contribution in [1.82, 2.24) is 19.6 Å². The van der Waals surface area contributed by atoms with Crippen LogP contribution in [-0.2, 0) is 0 Å². The molecule has 16 heavy (non-hydrogen) atoms. The zero-order chi connectivity index (χ0) is 10.8. The molecular weight excluding hydrogens is 200 g/mol. The van der Waals surface area contributed by atoms with Crippen LogP contribution in [0.15, 0.2) is 0 Å². The van der Waals surface area contributed by atoms with E-state index in [2.05, 4.69) is 26.5 Å². The van der Waals surface area contributed by atoms with E-state index in [-0.39, 0.29) is 5.91 Å². The first-order valence-electron chi connectivity index (χ1n) is 6.89. The van der Waals surface area contributed by atoms with Gasteiger partial charge in [-0.05, 0) is 6.42 Å². The van der Waals surface area contributed by atoms with Crippen LogP contribution in [0.25, 0.3) is 0 Å². The summed E-state index contributed by atoms with van der Waals surface area (Å²) in [5.41, 5.74) is 0. The molecule has 0 radical (unpaired) electrons. The van der Waals surface area contributed by atoms with E-state index in [4.69, 9.17) is 0 Å². The van der Waals surface area contributed by atoms with Crippen molar-refractivity contribution in [3.8, 4) is 0 Å². The fourth-order valence-electron chi connectivity index (χ4n) is 4.55. The van der Waals surface area contributed by atoms with E-state index < -0.39 is 0 Å². The predicted octanol–water partition coefficient (Wildman–Crippen LogP) is 0.0288. The lowest BCUT2D eigenvalue weighted by Crippen LogP contribution is -2.59. The Morgan fingerprint density at radius 3 is 2.25 bits per heavy atom. The van der Waals surface area contributed by atoms with Gasteiger partial charge in [-0.2, -0.15) is 0 Å². The average molecular weight is 222 g/mol. The third-order valence-corrected chi connectivity index (χ3v) is 5.04. The molecule has 0 amide bonds. The standard InChI is InChI=1S/C12H22N4/c1-2-3-11-10-15-7-6-13-4-5-14-8-9-16(11)12(13,14)15/h11H,2-10H2,1H3. The van der Waals surface area contributed by atoms with Gasteiger partial charge in [0.05, 0.1) is 0 Å². The van der Waals surface area contributed by atoms with Crippen LogP contribution in [0.3, 0.4) is 0 Å². The Bertz CT molecular complexity index is 297. The van der Waals surface area contributed by atoms with Gasteiger partial charge in [0, 0.05) is 51.9 Å². The number of hydrogen-bond acceptors (Lipinski definition) is 4. The maximum atomic E-state index is 2.80. The van der Waals surface area contributed by atoms with Crippen LogP contribution in [-0.4, -0.2) is 77.4 Å². The van der Waals surface area contributed by atoms with Crippen molar-refractivity contribution < 1.29 is 0 Å². The van der Waals surface area contributed by atoms with Crippen molar-refractivity contribution in [2.75, 3.05) is 45.8 Å². The molecule has 4 aliphatic rings. The molecule has 0 aliphatic carbocycles. The molecule has 1 spiro atoms. The highest BCUT2D eigenvalue weighted by Gasteiger charge is 2.66. The van der Waals surface area contributed by atoms with Crippen molar-refractivity contribution in [3.05, 3.63) is 0 Å². The Labute approximate surface area is 97.8 Å². The van der Waals surface area contributed by atoms with Crippen molar-refractivity contribution >= 4 is 0 Å². The quantitative estimate of drug-likeness (QED) is 0.653. The number of hydrogen-bond donors (Lipinski definition) is 0. The SMILES string of the molecule is CCCC1CN2CCN3CCN4CCN1C342. The Morgan fingerprint density at radius 1 is 0.938 bits per heavy atom. The third-order valence-electron chi connectivity index (χ3n) is 5.04. The molecule has 2 unspecified atom stereocenters. The van der Waals surface area contributed by atoms with E-state index in [9.17, 15) is 0 Å². The van der Waals surface area contributed by atoms with Gasteiger partial charge in [-0.1, -0.05) is 13.3 Å². The van der Waals surface area contributed by atoms with Gasteiger partial charge in [-0.3, -0.25) is 19.6 Å². The topological polar surface area (TPSA) is 13.0 Å². The first kappa shape index (κ1) is 9.83. The van der Waals surface area contributed by atoms with Crippen LogP contribution in [0.4, 0.5) is 0 Å². The summed E-state index contributed by atoms with van der Waals surface area (Å²) in [5, 5.41) is 0. The van der Waals surface area contributed by atoms with Gasteiger partial charge in [0.2, 0.25) is 0 Å². The van der Waals surface area contributed by atoms with Crippen molar-refractivity contribution in [2.45, 2.75) is 31.7 Å². The molecule has 4 heteroatoms. The summed E-state index contributed by atoms with van der Waals surface area (Å²) >= 11 is 0. The first-order valence-corrected chi connectivity index (χ1v) is 6.89. The molecule has 4 aliphatic heterocycles. The zero-order valence-corrected chi connectivity index (χ0v) is 10.2. The number of nitrogens with zero attached hydrogens (tertiary/aromatic N) is 4.